The van der Waals surface area contributed by atoms with Gasteiger partial charge in [-0.25, -0.2) is 4.99 Å². The predicted molar refractivity (Wildman–Crippen MR) is 131 cm³/mol. The number of para-hydroxylation sites is 3. The van der Waals surface area contributed by atoms with Crippen LogP contribution in [-0.2, 0) is 0 Å². The molecule has 0 aliphatic heterocycles. The summed E-state index contributed by atoms with van der Waals surface area (Å²) in [5.74, 6) is 1.07. The Morgan fingerprint density at radius 2 is 1.12 bits per heavy atom. The standard InChI is InChI=1S/C27H21N5/c1-28-27-29-26(30-32(27)25-15-9-4-10-16-25)21-17-19-24(20-18-21)31(22-11-5-2-6-12-22)23-13-7-3-8-14-23/h2-20H,1H2. The van der Waals surface area contributed by atoms with E-state index in [0.717, 1.165) is 28.3 Å². The molecule has 5 rings (SSSR count). The average molecular weight is 416 g/mol. The highest BCUT2D eigenvalue weighted by atomic mass is 15.4. The largest absolute Gasteiger partial charge is 0.311 e. The molecule has 0 spiro atoms. The molecule has 32 heavy (non-hydrogen) atoms. The third kappa shape index (κ3) is 3.79. The SMILES string of the molecule is C=Nc1nc(-c2ccc(N(c3ccccc3)c3ccccc3)cc2)nn1-c1ccccc1. The minimum Gasteiger partial charge on any atom is -0.311 e. The summed E-state index contributed by atoms with van der Waals surface area (Å²) in [4.78, 5) is 10.8. The average Bonchev–Trinajstić information content (AvgIpc) is 3.31. The van der Waals surface area contributed by atoms with Crippen LogP contribution in [-0.4, -0.2) is 21.5 Å². The summed E-state index contributed by atoms with van der Waals surface area (Å²) < 4.78 is 1.70. The molecule has 0 fully saturated rings. The van der Waals surface area contributed by atoms with Gasteiger partial charge in [-0.15, -0.1) is 5.10 Å². The van der Waals surface area contributed by atoms with Crippen LogP contribution in [0, 0.1) is 0 Å². The number of rotatable bonds is 6. The summed E-state index contributed by atoms with van der Waals surface area (Å²) in [5, 5.41) is 4.67. The number of anilines is 3. The molecule has 154 valence electrons. The molecule has 4 aromatic carbocycles. The van der Waals surface area contributed by atoms with Crippen LogP contribution in [0.2, 0.25) is 0 Å². The molecule has 0 saturated heterocycles. The predicted octanol–water partition coefficient (Wildman–Crippen LogP) is 6.74. The number of nitrogens with zero attached hydrogens (tertiary/aromatic N) is 5. The van der Waals surface area contributed by atoms with Gasteiger partial charge in [0.05, 0.1) is 5.69 Å². The first-order chi connectivity index (χ1) is 15.8. The molecule has 0 amide bonds. The van der Waals surface area contributed by atoms with Crippen LogP contribution in [0.25, 0.3) is 17.1 Å². The molecule has 0 bridgehead atoms. The van der Waals surface area contributed by atoms with Crippen LogP contribution in [0.4, 0.5) is 23.0 Å². The highest BCUT2D eigenvalue weighted by molar-refractivity contribution is 5.77. The zero-order valence-electron chi connectivity index (χ0n) is 17.4. The van der Waals surface area contributed by atoms with E-state index < -0.39 is 0 Å². The van der Waals surface area contributed by atoms with Gasteiger partial charge in [-0.3, -0.25) is 0 Å². The first kappa shape index (κ1) is 19.5. The van der Waals surface area contributed by atoms with Crippen molar-refractivity contribution in [1.82, 2.24) is 14.8 Å². The fraction of sp³-hybridized carbons (Fsp3) is 0. The van der Waals surface area contributed by atoms with E-state index >= 15 is 0 Å². The Balaban J connectivity index is 1.52. The van der Waals surface area contributed by atoms with Gasteiger partial charge >= 0.3 is 0 Å². The van der Waals surface area contributed by atoms with Crippen molar-refractivity contribution in [1.29, 1.82) is 0 Å². The van der Waals surface area contributed by atoms with Gasteiger partial charge in [0, 0.05) is 22.6 Å². The second-order valence-electron chi connectivity index (χ2n) is 7.19. The molecule has 0 saturated carbocycles. The van der Waals surface area contributed by atoms with Gasteiger partial charge in [0.1, 0.15) is 0 Å². The summed E-state index contributed by atoms with van der Waals surface area (Å²) in [6, 6.07) is 38.7. The fourth-order valence-corrected chi connectivity index (χ4v) is 3.63. The monoisotopic (exact) mass is 415 g/mol. The Morgan fingerprint density at radius 3 is 1.66 bits per heavy atom. The van der Waals surface area contributed by atoms with E-state index in [1.807, 2.05) is 78.9 Å². The van der Waals surface area contributed by atoms with Crippen molar-refractivity contribution in [2.45, 2.75) is 0 Å². The zero-order chi connectivity index (χ0) is 21.8. The summed E-state index contributed by atoms with van der Waals surface area (Å²) in [6.45, 7) is 3.65. The molecule has 0 N–H and O–H groups in total. The van der Waals surface area contributed by atoms with Crippen LogP contribution in [0.5, 0.6) is 0 Å². The Hall–Kier alpha value is -4.51. The molecular formula is C27H21N5. The first-order valence-corrected chi connectivity index (χ1v) is 10.3. The van der Waals surface area contributed by atoms with Crippen molar-refractivity contribution in [2.75, 3.05) is 4.90 Å². The molecule has 0 radical (unpaired) electrons. The maximum atomic E-state index is 4.67. The lowest BCUT2D eigenvalue weighted by Crippen LogP contribution is -2.09. The van der Waals surface area contributed by atoms with E-state index in [1.54, 1.807) is 4.68 Å². The Kier molecular flexibility index (Phi) is 5.29. The van der Waals surface area contributed by atoms with E-state index in [1.165, 1.54) is 0 Å². The number of benzene rings is 4. The Bertz CT molecular complexity index is 1270. The molecule has 0 unspecified atom stereocenters. The van der Waals surface area contributed by atoms with Gasteiger partial charge in [0.25, 0.3) is 5.95 Å². The van der Waals surface area contributed by atoms with Gasteiger partial charge in [-0.2, -0.15) is 9.67 Å². The lowest BCUT2D eigenvalue weighted by molar-refractivity contribution is 0.883. The van der Waals surface area contributed by atoms with Gasteiger partial charge in [0.2, 0.25) is 0 Å². The quantitative estimate of drug-likeness (QED) is 0.289. The lowest BCUT2D eigenvalue weighted by Gasteiger charge is -2.25. The fourth-order valence-electron chi connectivity index (χ4n) is 3.63. The Labute approximate surface area is 187 Å². The van der Waals surface area contributed by atoms with Crippen LogP contribution < -0.4 is 4.90 Å². The summed E-state index contributed by atoms with van der Waals surface area (Å²) in [7, 11) is 0. The van der Waals surface area contributed by atoms with Crippen molar-refractivity contribution in [3.63, 3.8) is 0 Å². The van der Waals surface area contributed by atoms with Crippen molar-refractivity contribution in [3.05, 3.63) is 115 Å². The van der Waals surface area contributed by atoms with E-state index in [9.17, 15) is 0 Å². The Morgan fingerprint density at radius 1 is 0.625 bits per heavy atom. The molecular weight excluding hydrogens is 394 g/mol. The second kappa shape index (κ2) is 8.70. The van der Waals surface area contributed by atoms with E-state index in [2.05, 4.69) is 63.1 Å². The van der Waals surface area contributed by atoms with Crippen LogP contribution in [0.3, 0.4) is 0 Å². The van der Waals surface area contributed by atoms with Crippen LogP contribution in [0.15, 0.2) is 120 Å². The van der Waals surface area contributed by atoms with Crippen LogP contribution in [0.1, 0.15) is 0 Å². The molecule has 0 atom stereocenters. The topological polar surface area (TPSA) is 46.3 Å². The number of aliphatic imine (C=N–C) groups is 1. The third-order valence-corrected chi connectivity index (χ3v) is 5.14. The summed E-state index contributed by atoms with van der Waals surface area (Å²) in [5.41, 5.74) is 5.04. The molecule has 0 aliphatic rings. The van der Waals surface area contributed by atoms with E-state index in [0.29, 0.717) is 11.8 Å². The van der Waals surface area contributed by atoms with Crippen molar-refractivity contribution >= 4 is 29.7 Å². The maximum Gasteiger partial charge on any atom is 0.252 e. The highest BCUT2D eigenvalue weighted by Gasteiger charge is 2.15. The first-order valence-electron chi connectivity index (χ1n) is 10.3. The third-order valence-electron chi connectivity index (χ3n) is 5.14. The maximum absolute atomic E-state index is 4.67. The van der Waals surface area contributed by atoms with Crippen molar-refractivity contribution in [3.8, 4) is 17.1 Å². The van der Waals surface area contributed by atoms with Gasteiger partial charge in [-0.05, 0) is 67.4 Å². The molecule has 5 heteroatoms. The molecule has 1 heterocycles. The number of aromatic nitrogens is 3. The summed E-state index contributed by atoms with van der Waals surface area (Å²) >= 11 is 0. The van der Waals surface area contributed by atoms with Crippen LogP contribution >= 0.6 is 0 Å². The molecule has 1 aromatic heterocycles. The van der Waals surface area contributed by atoms with Gasteiger partial charge in [-0.1, -0.05) is 54.6 Å². The lowest BCUT2D eigenvalue weighted by atomic mass is 10.1. The van der Waals surface area contributed by atoms with Crippen molar-refractivity contribution in [2.24, 2.45) is 4.99 Å². The minimum absolute atomic E-state index is 0.463. The second-order valence-corrected chi connectivity index (χ2v) is 7.19. The molecule has 5 aromatic rings. The van der Waals surface area contributed by atoms with Crippen molar-refractivity contribution < 1.29 is 0 Å². The zero-order valence-corrected chi connectivity index (χ0v) is 17.4. The van der Waals surface area contributed by atoms with Gasteiger partial charge in [0.15, 0.2) is 5.82 Å². The number of hydrogen-bond donors (Lipinski definition) is 0. The number of hydrogen-bond acceptors (Lipinski definition) is 4. The van der Waals surface area contributed by atoms with Gasteiger partial charge < -0.3 is 4.90 Å². The smallest absolute Gasteiger partial charge is 0.252 e. The minimum atomic E-state index is 0.463. The summed E-state index contributed by atoms with van der Waals surface area (Å²) in [6.07, 6.45) is 0. The normalized spacial score (nSPS) is 10.6. The van der Waals surface area contributed by atoms with E-state index in [-0.39, 0.29) is 0 Å². The molecule has 0 aliphatic carbocycles. The molecule has 5 nitrogen and oxygen atoms in total. The highest BCUT2D eigenvalue weighted by Crippen LogP contribution is 2.35. The van der Waals surface area contributed by atoms with E-state index in [4.69, 9.17) is 0 Å².